The molecule has 1 heterocycles. The first-order valence-corrected chi connectivity index (χ1v) is 16.3. The summed E-state index contributed by atoms with van der Waals surface area (Å²) in [6, 6.07) is 18.1. The number of allylic oxidation sites excluding steroid dienone is 2. The van der Waals surface area contributed by atoms with Crippen LogP contribution in [0.25, 0.3) is 12.2 Å². The van der Waals surface area contributed by atoms with Crippen LogP contribution in [0.15, 0.2) is 60.7 Å². The van der Waals surface area contributed by atoms with Crippen molar-refractivity contribution in [2.24, 2.45) is 0 Å². The predicted molar refractivity (Wildman–Crippen MR) is 112 cm³/mol. The van der Waals surface area contributed by atoms with Crippen LogP contribution in [0.3, 0.4) is 0 Å². The monoisotopic (exact) mass is 440 g/mol. The Kier molecular flexibility index (Phi) is 7.03. The second-order valence-corrected chi connectivity index (χ2v) is 18.9. The van der Waals surface area contributed by atoms with Gasteiger partial charge in [-0.3, -0.25) is 0 Å². The molecule has 2 atom stereocenters. The first kappa shape index (κ1) is 20.5. The van der Waals surface area contributed by atoms with Crippen LogP contribution in [0.2, 0.25) is 8.26 Å². The summed E-state index contributed by atoms with van der Waals surface area (Å²) in [5.74, 6) is 0. The summed E-state index contributed by atoms with van der Waals surface area (Å²) in [6.07, 6.45) is 9.84. The van der Waals surface area contributed by atoms with Gasteiger partial charge in [0.05, 0.1) is 0 Å². The van der Waals surface area contributed by atoms with Crippen molar-refractivity contribution >= 4 is 12.2 Å². The van der Waals surface area contributed by atoms with E-state index in [0.29, 0.717) is 0 Å². The molecular weight excluding hydrogens is 411 g/mol. The second-order valence-electron chi connectivity index (χ2n) is 7.30. The Bertz CT molecular complexity index is 755. The Hall–Kier alpha value is -1.28. The maximum Gasteiger partial charge on any atom is 0.0402 e. The van der Waals surface area contributed by atoms with E-state index in [1.165, 1.54) is 11.1 Å². The van der Waals surface area contributed by atoms with Gasteiger partial charge in [-0.25, -0.2) is 0 Å². The molecule has 2 aliphatic carbocycles. The van der Waals surface area contributed by atoms with Gasteiger partial charge in [-0.05, 0) is 13.8 Å². The minimum atomic E-state index is -2.13. The van der Waals surface area contributed by atoms with Crippen molar-refractivity contribution in [3.63, 3.8) is 0 Å². The van der Waals surface area contributed by atoms with E-state index in [0.717, 1.165) is 7.25 Å². The summed E-state index contributed by atoms with van der Waals surface area (Å²) < 4.78 is 4.72. The van der Waals surface area contributed by atoms with Crippen molar-refractivity contribution in [1.29, 1.82) is 0 Å². The number of aliphatic hydroxyl groups excluding tert-OH is 2. The van der Waals surface area contributed by atoms with Gasteiger partial charge in [0.1, 0.15) is 0 Å². The van der Waals surface area contributed by atoms with Crippen LogP contribution < -0.4 is 0 Å². The molecule has 2 unspecified atom stereocenters. The summed E-state index contributed by atoms with van der Waals surface area (Å²) in [5.41, 5.74) is 6.20. The molecule has 2 nitrogen and oxygen atoms in total. The first-order valence-electron chi connectivity index (χ1n) is 9.97. The SMILES string of the molecule is C1=C[CH]([Zr]2([CH]3C=Cc4ccccc43)[CH2][CH2]2)c2ccccc21.CCO.CCO. The van der Waals surface area contributed by atoms with Crippen molar-refractivity contribution in [2.75, 3.05) is 13.2 Å². The van der Waals surface area contributed by atoms with E-state index in [4.69, 9.17) is 10.2 Å². The number of hydrogen-bond donors (Lipinski definition) is 2. The molecule has 1 saturated heterocycles. The molecule has 2 aromatic carbocycles. The average Bonchev–Trinajstić information content (AvgIpc) is 3.17. The van der Waals surface area contributed by atoms with Crippen LogP contribution in [0.4, 0.5) is 0 Å². The molecule has 0 bridgehead atoms. The van der Waals surface area contributed by atoms with Crippen molar-refractivity contribution in [3.05, 3.63) is 82.9 Å². The smallest absolute Gasteiger partial charge is 0.0402 e. The minimum absolute atomic E-state index is 0.250. The number of aliphatic hydroxyl groups is 2. The maximum atomic E-state index is 7.57. The van der Waals surface area contributed by atoms with E-state index in [9.17, 15) is 0 Å². The fourth-order valence-electron chi connectivity index (χ4n) is 4.46. The Balaban J connectivity index is 0.000000314. The van der Waals surface area contributed by atoms with Gasteiger partial charge in [-0.2, -0.15) is 0 Å². The standard InChI is InChI=1S/2C9H7.2C2H6O.C2H4.Zr/c2*1-2-5-9-7-3-6-8(9)4-1;2*1-2-3;1-2;/h2*1-7H;2*3H,2H2,1H3;1-2H2;. The molecule has 0 spiro atoms. The molecule has 0 radical (unpaired) electrons. The summed E-state index contributed by atoms with van der Waals surface area (Å²) in [6.45, 7) is 3.86. The maximum absolute atomic E-state index is 7.57. The van der Waals surface area contributed by atoms with Gasteiger partial charge in [-0.1, -0.05) is 0 Å². The third kappa shape index (κ3) is 4.11. The quantitative estimate of drug-likeness (QED) is 0.644. The number of fused-ring (bicyclic) bond motifs is 2. The van der Waals surface area contributed by atoms with Crippen LogP contribution in [-0.4, -0.2) is 23.4 Å². The van der Waals surface area contributed by atoms with Crippen molar-refractivity contribution in [2.45, 2.75) is 29.4 Å². The van der Waals surface area contributed by atoms with Gasteiger partial charge >= 0.3 is 131 Å². The van der Waals surface area contributed by atoms with E-state index >= 15 is 0 Å². The molecule has 2 N–H and O–H groups in total. The van der Waals surface area contributed by atoms with Crippen molar-refractivity contribution < 1.29 is 30.5 Å². The number of rotatable bonds is 2. The first-order chi connectivity index (χ1) is 13.2. The zero-order valence-corrected chi connectivity index (χ0v) is 18.8. The molecule has 3 aliphatic rings. The van der Waals surface area contributed by atoms with Crippen LogP contribution in [-0.2, 0) is 20.3 Å². The molecule has 5 rings (SSSR count). The van der Waals surface area contributed by atoms with Gasteiger partial charge in [-0.15, -0.1) is 0 Å². The van der Waals surface area contributed by atoms with Gasteiger partial charge in [0.15, 0.2) is 0 Å². The Labute approximate surface area is 167 Å². The molecule has 3 heteroatoms. The molecule has 142 valence electrons. The van der Waals surface area contributed by atoms with Crippen molar-refractivity contribution in [1.82, 2.24) is 0 Å². The van der Waals surface area contributed by atoms with Crippen LogP contribution in [0.5, 0.6) is 0 Å². The predicted octanol–water partition coefficient (Wildman–Crippen LogP) is 5.52. The van der Waals surface area contributed by atoms with Gasteiger partial charge in [0.2, 0.25) is 0 Å². The van der Waals surface area contributed by atoms with E-state index in [1.54, 1.807) is 33.2 Å². The molecule has 27 heavy (non-hydrogen) atoms. The fourth-order valence-corrected chi connectivity index (χ4v) is 20.1. The molecule has 2 aromatic rings. The summed E-state index contributed by atoms with van der Waals surface area (Å²) in [5, 5.41) is 15.1. The Morgan fingerprint density at radius 1 is 0.741 bits per heavy atom. The van der Waals surface area contributed by atoms with Gasteiger partial charge < -0.3 is 10.2 Å². The number of benzene rings is 2. The average molecular weight is 442 g/mol. The largest absolute Gasteiger partial charge is 0.397 e. The molecule has 0 saturated carbocycles. The van der Waals surface area contributed by atoms with Gasteiger partial charge in [0.25, 0.3) is 0 Å². The summed E-state index contributed by atoms with van der Waals surface area (Å²) >= 11 is -2.13. The van der Waals surface area contributed by atoms with Crippen LogP contribution >= 0.6 is 0 Å². The Morgan fingerprint density at radius 2 is 1.11 bits per heavy atom. The topological polar surface area (TPSA) is 40.5 Å². The van der Waals surface area contributed by atoms with E-state index in [-0.39, 0.29) is 13.2 Å². The molecular formula is C24H30O2Zr. The second kappa shape index (κ2) is 9.28. The molecule has 0 amide bonds. The van der Waals surface area contributed by atoms with E-state index in [1.807, 2.05) is 0 Å². The molecule has 1 fully saturated rings. The molecule has 1 aliphatic heterocycles. The molecule has 0 aromatic heterocycles. The fraction of sp³-hybridized carbons (Fsp3) is 0.333. The third-order valence-electron chi connectivity index (χ3n) is 5.66. The van der Waals surface area contributed by atoms with Gasteiger partial charge in [0, 0.05) is 13.2 Å². The van der Waals surface area contributed by atoms with Crippen LogP contribution in [0.1, 0.15) is 43.4 Å². The van der Waals surface area contributed by atoms with Crippen molar-refractivity contribution in [3.8, 4) is 0 Å². The van der Waals surface area contributed by atoms with Crippen LogP contribution in [0, 0.1) is 0 Å². The zero-order chi connectivity index (χ0) is 19.3. The third-order valence-corrected chi connectivity index (χ3v) is 18.3. The Morgan fingerprint density at radius 3 is 1.48 bits per heavy atom. The summed E-state index contributed by atoms with van der Waals surface area (Å²) in [7, 11) is 0. The minimum Gasteiger partial charge on any atom is -0.397 e. The normalized spacial score (nSPS) is 22.1. The zero-order valence-electron chi connectivity index (χ0n) is 16.3. The van der Waals surface area contributed by atoms with E-state index in [2.05, 4.69) is 72.8 Å². The van der Waals surface area contributed by atoms with E-state index < -0.39 is 20.3 Å². The number of hydrogen-bond acceptors (Lipinski definition) is 2. The summed E-state index contributed by atoms with van der Waals surface area (Å²) in [4.78, 5) is 0.